The van der Waals surface area contributed by atoms with E-state index in [2.05, 4.69) is 59.7 Å². The van der Waals surface area contributed by atoms with Crippen LogP contribution in [0.4, 0.5) is 0 Å². The van der Waals surface area contributed by atoms with Crippen molar-refractivity contribution >= 4 is 11.8 Å². The molecule has 0 bridgehead atoms. The molecule has 2 heteroatoms. The minimum atomic E-state index is -0.143. The van der Waals surface area contributed by atoms with Gasteiger partial charge in [0.1, 0.15) is 0 Å². The quantitative estimate of drug-likeness (QED) is 0.756. The van der Waals surface area contributed by atoms with Crippen LogP contribution < -0.4 is 0 Å². The molecule has 0 amide bonds. The van der Waals surface area contributed by atoms with Gasteiger partial charge < -0.3 is 5.11 Å². The molecule has 0 aromatic heterocycles. The minimum Gasteiger partial charge on any atom is -0.392 e. The SMILES string of the molecule is CC(C)(C)c1cc(S[C@H]2CCCC[C@@H]2O)cc(C(C)(C)C)c1. The zero-order valence-corrected chi connectivity index (χ0v) is 15.9. The number of aliphatic hydroxyl groups excluding tert-OH is 1. The maximum absolute atomic E-state index is 10.3. The fraction of sp³-hybridized carbons (Fsp3) is 0.700. The molecule has 0 aliphatic heterocycles. The highest BCUT2D eigenvalue weighted by atomic mass is 32.2. The molecule has 1 fully saturated rings. The maximum atomic E-state index is 10.3. The molecule has 1 aliphatic rings. The van der Waals surface area contributed by atoms with E-state index in [0.717, 1.165) is 12.8 Å². The molecule has 2 rings (SSSR count). The molecule has 124 valence electrons. The zero-order chi connectivity index (χ0) is 16.5. The zero-order valence-electron chi connectivity index (χ0n) is 15.1. The van der Waals surface area contributed by atoms with Crippen molar-refractivity contribution < 1.29 is 5.11 Å². The van der Waals surface area contributed by atoms with E-state index in [1.807, 2.05) is 11.8 Å². The van der Waals surface area contributed by atoms with E-state index in [0.29, 0.717) is 5.25 Å². The molecule has 0 saturated heterocycles. The second kappa shape index (κ2) is 6.57. The van der Waals surface area contributed by atoms with Crippen LogP contribution in [0.3, 0.4) is 0 Å². The third kappa shape index (κ3) is 4.52. The Morgan fingerprint density at radius 2 is 1.36 bits per heavy atom. The first-order chi connectivity index (χ1) is 10.1. The van der Waals surface area contributed by atoms with Crippen molar-refractivity contribution in [3.05, 3.63) is 29.3 Å². The predicted octanol–water partition coefficient (Wildman–Crippen LogP) is 5.68. The molecule has 0 spiro atoms. The van der Waals surface area contributed by atoms with Crippen molar-refractivity contribution in [2.45, 2.75) is 94.3 Å². The van der Waals surface area contributed by atoms with Crippen LogP contribution in [0.15, 0.2) is 23.1 Å². The summed E-state index contributed by atoms with van der Waals surface area (Å²) in [4.78, 5) is 1.32. The lowest BCUT2D eigenvalue weighted by Crippen LogP contribution is -2.26. The summed E-state index contributed by atoms with van der Waals surface area (Å²) in [5.74, 6) is 0. The maximum Gasteiger partial charge on any atom is 0.0662 e. The number of hydrogen-bond donors (Lipinski definition) is 1. The monoisotopic (exact) mass is 320 g/mol. The summed E-state index contributed by atoms with van der Waals surface area (Å²) >= 11 is 1.88. The Labute approximate surface area is 140 Å². The van der Waals surface area contributed by atoms with E-state index in [1.165, 1.54) is 28.9 Å². The van der Waals surface area contributed by atoms with Crippen LogP contribution in [-0.2, 0) is 10.8 Å². The van der Waals surface area contributed by atoms with E-state index in [9.17, 15) is 5.11 Å². The van der Waals surface area contributed by atoms with E-state index >= 15 is 0 Å². The van der Waals surface area contributed by atoms with Crippen LogP contribution in [0, 0.1) is 0 Å². The lowest BCUT2D eigenvalue weighted by atomic mass is 9.81. The van der Waals surface area contributed by atoms with Crippen LogP contribution >= 0.6 is 11.8 Å². The van der Waals surface area contributed by atoms with E-state index in [4.69, 9.17) is 0 Å². The number of benzene rings is 1. The molecule has 2 atom stereocenters. The summed E-state index contributed by atoms with van der Waals surface area (Å²) in [5, 5.41) is 10.6. The van der Waals surface area contributed by atoms with Gasteiger partial charge in [-0.2, -0.15) is 0 Å². The Morgan fingerprint density at radius 1 is 0.864 bits per heavy atom. The second-order valence-corrected chi connectivity index (χ2v) is 10.1. The van der Waals surface area contributed by atoms with Crippen LogP contribution in [0.25, 0.3) is 0 Å². The summed E-state index contributed by atoms with van der Waals surface area (Å²) in [5.41, 5.74) is 3.10. The largest absolute Gasteiger partial charge is 0.392 e. The summed E-state index contributed by atoms with van der Waals surface area (Å²) < 4.78 is 0. The summed E-state index contributed by atoms with van der Waals surface area (Å²) in [6, 6.07) is 7.03. The van der Waals surface area contributed by atoms with Gasteiger partial charge in [-0.25, -0.2) is 0 Å². The topological polar surface area (TPSA) is 20.2 Å². The molecule has 1 aliphatic carbocycles. The fourth-order valence-electron chi connectivity index (χ4n) is 2.92. The molecule has 0 radical (unpaired) electrons. The molecule has 1 aromatic rings. The summed E-state index contributed by atoms with van der Waals surface area (Å²) in [7, 11) is 0. The van der Waals surface area contributed by atoms with Crippen LogP contribution in [0.2, 0.25) is 0 Å². The molecular formula is C20H32OS. The van der Waals surface area contributed by atoms with Crippen molar-refractivity contribution in [2.75, 3.05) is 0 Å². The highest BCUT2D eigenvalue weighted by molar-refractivity contribution is 8.00. The molecule has 1 saturated carbocycles. The molecule has 22 heavy (non-hydrogen) atoms. The smallest absolute Gasteiger partial charge is 0.0662 e. The van der Waals surface area contributed by atoms with Crippen molar-refractivity contribution in [3.8, 4) is 0 Å². The lowest BCUT2D eigenvalue weighted by Gasteiger charge is -2.29. The predicted molar refractivity (Wildman–Crippen MR) is 98.0 cm³/mol. The highest BCUT2D eigenvalue weighted by Crippen LogP contribution is 2.38. The average Bonchev–Trinajstić information content (AvgIpc) is 2.39. The van der Waals surface area contributed by atoms with Crippen LogP contribution in [-0.4, -0.2) is 16.5 Å². The van der Waals surface area contributed by atoms with E-state index in [-0.39, 0.29) is 16.9 Å². The third-order valence-corrected chi connectivity index (χ3v) is 5.95. The van der Waals surface area contributed by atoms with Gasteiger partial charge in [0.25, 0.3) is 0 Å². The van der Waals surface area contributed by atoms with Gasteiger partial charge in [0.2, 0.25) is 0 Å². The Kier molecular flexibility index (Phi) is 5.34. The molecule has 1 aromatic carbocycles. The number of thioether (sulfide) groups is 1. The first kappa shape index (κ1) is 17.9. The van der Waals surface area contributed by atoms with E-state index in [1.54, 1.807) is 0 Å². The normalized spacial score (nSPS) is 23.6. The van der Waals surface area contributed by atoms with Gasteiger partial charge in [-0.1, -0.05) is 60.5 Å². The van der Waals surface area contributed by atoms with Gasteiger partial charge in [-0.05, 0) is 46.9 Å². The third-order valence-electron chi connectivity index (χ3n) is 4.59. The van der Waals surface area contributed by atoms with E-state index < -0.39 is 0 Å². The van der Waals surface area contributed by atoms with Crippen LogP contribution in [0.5, 0.6) is 0 Å². The van der Waals surface area contributed by atoms with Crippen molar-refractivity contribution in [1.82, 2.24) is 0 Å². The second-order valence-electron chi connectivity index (χ2n) is 8.75. The number of rotatable bonds is 2. The fourth-order valence-corrected chi connectivity index (χ4v) is 4.24. The number of aliphatic hydroxyl groups is 1. The Hall–Kier alpha value is -0.470. The van der Waals surface area contributed by atoms with Crippen molar-refractivity contribution in [2.24, 2.45) is 0 Å². The first-order valence-corrected chi connectivity index (χ1v) is 9.46. The van der Waals surface area contributed by atoms with Crippen LogP contribution in [0.1, 0.15) is 78.4 Å². The Balaban J connectivity index is 2.33. The van der Waals surface area contributed by atoms with Gasteiger partial charge in [0.15, 0.2) is 0 Å². The average molecular weight is 321 g/mol. The minimum absolute atomic E-state index is 0.143. The van der Waals surface area contributed by atoms with Gasteiger partial charge >= 0.3 is 0 Å². The summed E-state index contributed by atoms with van der Waals surface area (Å²) in [6.45, 7) is 13.7. The van der Waals surface area contributed by atoms with Gasteiger partial charge in [-0.3, -0.25) is 0 Å². The van der Waals surface area contributed by atoms with Crippen molar-refractivity contribution in [1.29, 1.82) is 0 Å². The summed E-state index contributed by atoms with van der Waals surface area (Å²) in [6.07, 6.45) is 4.38. The van der Waals surface area contributed by atoms with Gasteiger partial charge in [-0.15, -0.1) is 11.8 Å². The Morgan fingerprint density at radius 3 is 1.82 bits per heavy atom. The molecule has 1 N–H and O–H groups in total. The van der Waals surface area contributed by atoms with Crippen molar-refractivity contribution in [3.63, 3.8) is 0 Å². The van der Waals surface area contributed by atoms with Gasteiger partial charge in [0, 0.05) is 10.1 Å². The molecule has 0 heterocycles. The Bertz CT molecular complexity index is 475. The number of hydrogen-bond acceptors (Lipinski definition) is 2. The lowest BCUT2D eigenvalue weighted by molar-refractivity contribution is 0.137. The highest BCUT2D eigenvalue weighted by Gasteiger charge is 2.26. The standard InChI is InChI=1S/C20H32OS/c1-19(2,3)14-11-15(20(4,5)6)13-16(12-14)22-18-10-8-7-9-17(18)21/h11-13,17-18,21H,7-10H2,1-6H3/t17-,18-/m0/s1. The van der Waals surface area contributed by atoms with Gasteiger partial charge in [0.05, 0.1) is 6.10 Å². The molecule has 1 nitrogen and oxygen atoms in total. The first-order valence-electron chi connectivity index (χ1n) is 8.58. The molecular weight excluding hydrogens is 288 g/mol. The molecule has 0 unspecified atom stereocenters.